The number of hydrogen-bond acceptors (Lipinski definition) is 5. The van der Waals surface area contributed by atoms with Crippen LogP contribution in [0, 0.1) is 29.5 Å². The zero-order chi connectivity index (χ0) is 22.6. The maximum absolute atomic E-state index is 13.0. The normalized spacial score (nSPS) is 25.7. The van der Waals surface area contributed by atoms with Crippen LogP contribution in [0.4, 0.5) is 10.1 Å². The van der Waals surface area contributed by atoms with Gasteiger partial charge in [0.1, 0.15) is 5.82 Å². The summed E-state index contributed by atoms with van der Waals surface area (Å²) < 4.78 is 18.0. The molecule has 1 saturated heterocycles. The number of anilines is 1. The van der Waals surface area contributed by atoms with E-state index >= 15 is 0 Å². The Labute approximate surface area is 183 Å². The first-order chi connectivity index (χ1) is 15.3. The molecule has 0 aromatic heterocycles. The molecule has 3 aliphatic rings. The third kappa shape index (κ3) is 3.16. The molecule has 162 valence electrons. The Hall–Kier alpha value is -3.61. The summed E-state index contributed by atoms with van der Waals surface area (Å²) in [6.07, 6.45) is 2.99. The summed E-state index contributed by atoms with van der Waals surface area (Å²) in [6.45, 7) is 1.54. The number of hydrogen-bond donors (Lipinski definition) is 0. The molecular weight excluding hydrogens is 413 g/mol. The van der Waals surface area contributed by atoms with E-state index in [1.54, 1.807) is 0 Å². The van der Waals surface area contributed by atoms with Crippen molar-refractivity contribution in [3.8, 4) is 0 Å². The smallest absolute Gasteiger partial charge is 0.338 e. The van der Waals surface area contributed by atoms with Crippen LogP contribution in [0.5, 0.6) is 0 Å². The highest BCUT2D eigenvalue weighted by Crippen LogP contribution is 2.55. The average Bonchev–Trinajstić information content (AvgIpc) is 3.42. The van der Waals surface area contributed by atoms with E-state index in [9.17, 15) is 23.6 Å². The number of amides is 2. The van der Waals surface area contributed by atoms with Gasteiger partial charge in [-0.05, 0) is 73.7 Å². The molecule has 0 radical (unpaired) electrons. The van der Waals surface area contributed by atoms with Crippen molar-refractivity contribution in [3.05, 3.63) is 77.1 Å². The molecule has 32 heavy (non-hydrogen) atoms. The van der Waals surface area contributed by atoms with Crippen molar-refractivity contribution in [2.45, 2.75) is 13.3 Å². The van der Waals surface area contributed by atoms with Crippen LogP contribution in [0.2, 0.25) is 0 Å². The van der Waals surface area contributed by atoms with Gasteiger partial charge >= 0.3 is 5.97 Å². The number of carbonyl (C=O) groups is 4. The number of imide groups is 1. The van der Waals surface area contributed by atoms with Crippen LogP contribution in [0.15, 0.2) is 60.2 Å². The molecule has 0 N–H and O–H groups in total. The van der Waals surface area contributed by atoms with E-state index < -0.39 is 24.2 Å². The van der Waals surface area contributed by atoms with Gasteiger partial charge in [0, 0.05) is 5.56 Å². The fourth-order valence-electron chi connectivity index (χ4n) is 5.21. The molecule has 2 aromatic carbocycles. The van der Waals surface area contributed by atoms with Gasteiger partial charge in [-0.3, -0.25) is 19.3 Å². The molecule has 2 aromatic rings. The second-order valence-corrected chi connectivity index (χ2v) is 8.53. The standard InChI is InChI=1S/C25H20FNO5/c1-13-10-16-11-19(13)22-21(16)23(29)27(24(22)30)18-8-4-15(5-9-18)25(31)32-12-20(28)14-2-6-17(26)7-3-14/h2-10,16,19,21-22H,11-12H2,1H3/t16-,19+,21-,22-/m1/s1. The number of Topliss-reactive ketones (excluding diaryl/α,β-unsaturated/α-hetero) is 1. The van der Waals surface area contributed by atoms with Crippen molar-refractivity contribution in [2.24, 2.45) is 23.7 Å². The Morgan fingerprint density at radius 1 is 0.969 bits per heavy atom. The molecular formula is C25H20FNO5. The Morgan fingerprint density at radius 2 is 1.59 bits per heavy atom. The zero-order valence-electron chi connectivity index (χ0n) is 17.3. The highest BCUT2D eigenvalue weighted by molar-refractivity contribution is 6.23. The van der Waals surface area contributed by atoms with E-state index in [0.717, 1.165) is 18.6 Å². The molecule has 2 bridgehead atoms. The third-order valence-electron chi connectivity index (χ3n) is 6.74. The van der Waals surface area contributed by atoms with Crippen LogP contribution in [-0.4, -0.2) is 30.2 Å². The maximum Gasteiger partial charge on any atom is 0.338 e. The van der Waals surface area contributed by atoms with E-state index in [-0.39, 0.29) is 46.6 Å². The largest absolute Gasteiger partial charge is 0.454 e. The highest BCUT2D eigenvalue weighted by atomic mass is 19.1. The predicted octanol–water partition coefficient (Wildman–Crippen LogP) is 3.57. The van der Waals surface area contributed by atoms with Crippen LogP contribution >= 0.6 is 0 Å². The van der Waals surface area contributed by atoms with Crippen LogP contribution < -0.4 is 4.90 Å². The molecule has 1 saturated carbocycles. The van der Waals surface area contributed by atoms with E-state index in [1.807, 2.05) is 6.92 Å². The summed E-state index contributed by atoms with van der Waals surface area (Å²) in [5.74, 6) is -2.31. The molecule has 1 aliphatic heterocycles. The van der Waals surface area contributed by atoms with Crippen LogP contribution in [-0.2, 0) is 14.3 Å². The Morgan fingerprint density at radius 3 is 2.28 bits per heavy atom. The Bertz CT molecular complexity index is 1170. The fraction of sp³-hybridized carbons (Fsp3) is 0.280. The summed E-state index contributed by atoms with van der Waals surface area (Å²) in [4.78, 5) is 51.6. The summed E-state index contributed by atoms with van der Waals surface area (Å²) in [7, 11) is 0. The molecule has 2 amide bonds. The molecule has 2 aliphatic carbocycles. The fourth-order valence-corrected chi connectivity index (χ4v) is 5.21. The SMILES string of the molecule is CC1=C[C@@H]2C[C@@H]1[C@H]1C(=O)N(c3ccc(C(=O)OCC(=O)c4ccc(F)cc4)cc3)C(=O)[C@@H]12. The monoisotopic (exact) mass is 433 g/mol. The highest BCUT2D eigenvalue weighted by Gasteiger charge is 2.60. The minimum absolute atomic E-state index is 0.124. The number of carbonyl (C=O) groups excluding carboxylic acids is 4. The van der Waals surface area contributed by atoms with E-state index in [1.165, 1.54) is 46.9 Å². The lowest BCUT2D eigenvalue weighted by Gasteiger charge is -2.19. The van der Waals surface area contributed by atoms with Gasteiger partial charge in [-0.2, -0.15) is 0 Å². The van der Waals surface area contributed by atoms with Gasteiger partial charge in [0.05, 0.1) is 23.1 Å². The first-order valence-electron chi connectivity index (χ1n) is 10.5. The third-order valence-corrected chi connectivity index (χ3v) is 6.74. The summed E-state index contributed by atoms with van der Waals surface area (Å²) in [6, 6.07) is 11.0. The zero-order valence-corrected chi connectivity index (χ0v) is 17.3. The first-order valence-corrected chi connectivity index (χ1v) is 10.5. The minimum Gasteiger partial charge on any atom is -0.454 e. The lowest BCUT2D eigenvalue weighted by atomic mass is 9.82. The van der Waals surface area contributed by atoms with Crippen molar-refractivity contribution in [1.82, 2.24) is 0 Å². The second kappa shape index (κ2) is 7.51. The lowest BCUT2D eigenvalue weighted by Crippen LogP contribution is -2.32. The predicted molar refractivity (Wildman–Crippen MR) is 112 cm³/mol. The van der Waals surface area contributed by atoms with Gasteiger partial charge in [-0.15, -0.1) is 0 Å². The van der Waals surface area contributed by atoms with Crippen LogP contribution in [0.3, 0.4) is 0 Å². The quantitative estimate of drug-likeness (QED) is 0.312. The molecule has 0 unspecified atom stereocenters. The van der Waals surface area contributed by atoms with Crippen molar-refractivity contribution < 1.29 is 28.3 Å². The number of esters is 1. The Balaban J connectivity index is 1.25. The summed E-state index contributed by atoms with van der Waals surface area (Å²) in [5, 5.41) is 0. The van der Waals surface area contributed by atoms with Crippen LogP contribution in [0.25, 0.3) is 0 Å². The topological polar surface area (TPSA) is 80.8 Å². The van der Waals surface area contributed by atoms with Gasteiger partial charge in [-0.1, -0.05) is 11.6 Å². The number of fused-ring (bicyclic) bond motifs is 5. The number of rotatable bonds is 5. The van der Waals surface area contributed by atoms with Crippen molar-refractivity contribution >= 4 is 29.3 Å². The van der Waals surface area contributed by atoms with Gasteiger partial charge in [-0.25, -0.2) is 9.18 Å². The number of ether oxygens (including phenoxy) is 1. The van der Waals surface area contributed by atoms with Gasteiger partial charge < -0.3 is 4.74 Å². The lowest BCUT2D eigenvalue weighted by molar-refractivity contribution is -0.123. The second-order valence-electron chi connectivity index (χ2n) is 8.53. The van der Waals surface area contributed by atoms with Gasteiger partial charge in [0.2, 0.25) is 11.8 Å². The first kappa shape index (κ1) is 20.3. The van der Waals surface area contributed by atoms with E-state index in [0.29, 0.717) is 5.69 Å². The molecule has 2 fully saturated rings. The molecule has 6 nitrogen and oxygen atoms in total. The van der Waals surface area contributed by atoms with E-state index in [4.69, 9.17) is 4.74 Å². The number of benzene rings is 2. The summed E-state index contributed by atoms with van der Waals surface area (Å²) in [5.41, 5.74) is 2.04. The number of allylic oxidation sites excluding steroid dienone is 2. The molecule has 5 rings (SSSR count). The number of nitrogens with zero attached hydrogens (tertiary/aromatic N) is 1. The van der Waals surface area contributed by atoms with Crippen molar-refractivity contribution in [2.75, 3.05) is 11.5 Å². The minimum atomic E-state index is -0.708. The van der Waals surface area contributed by atoms with Crippen molar-refractivity contribution in [1.29, 1.82) is 0 Å². The summed E-state index contributed by atoms with van der Waals surface area (Å²) >= 11 is 0. The number of ketones is 1. The van der Waals surface area contributed by atoms with Gasteiger partial charge in [0.25, 0.3) is 0 Å². The number of halogens is 1. The molecule has 1 heterocycles. The molecule has 4 atom stereocenters. The van der Waals surface area contributed by atoms with Gasteiger partial charge in [0.15, 0.2) is 12.4 Å². The average molecular weight is 433 g/mol. The Kier molecular flexibility index (Phi) is 4.77. The maximum atomic E-state index is 13.0. The van der Waals surface area contributed by atoms with Crippen molar-refractivity contribution in [3.63, 3.8) is 0 Å². The molecule has 0 spiro atoms. The molecule has 7 heteroatoms. The van der Waals surface area contributed by atoms with E-state index in [2.05, 4.69) is 6.08 Å². The van der Waals surface area contributed by atoms with Crippen LogP contribution in [0.1, 0.15) is 34.1 Å².